The van der Waals surface area contributed by atoms with E-state index in [1.54, 1.807) is 6.33 Å². The van der Waals surface area contributed by atoms with Gasteiger partial charge in [0.2, 0.25) is 5.91 Å². The molecule has 36 heavy (non-hydrogen) atoms. The van der Waals surface area contributed by atoms with Crippen molar-refractivity contribution in [1.29, 1.82) is 0 Å². The molecule has 1 saturated heterocycles. The predicted molar refractivity (Wildman–Crippen MR) is 141 cm³/mol. The van der Waals surface area contributed by atoms with Crippen LogP contribution >= 0.6 is 0 Å². The van der Waals surface area contributed by atoms with Crippen molar-refractivity contribution in [2.75, 3.05) is 18.0 Å². The Morgan fingerprint density at radius 1 is 1.03 bits per heavy atom. The monoisotopic (exact) mass is 490 g/mol. The van der Waals surface area contributed by atoms with Crippen LogP contribution in [0.1, 0.15) is 89.8 Å². The summed E-state index contributed by atoms with van der Waals surface area (Å²) in [4.78, 5) is 29.8. The Balaban J connectivity index is 0.974. The summed E-state index contributed by atoms with van der Waals surface area (Å²) in [5.41, 5.74) is 2.45. The first-order valence-corrected chi connectivity index (χ1v) is 14.8. The fourth-order valence-electron chi connectivity index (χ4n) is 9.31. The van der Waals surface area contributed by atoms with Crippen molar-refractivity contribution in [3.63, 3.8) is 0 Å². The van der Waals surface area contributed by atoms with E-state index in [2.05, 4.69) is 31.7 Å². The van der Waals surface area contributed by atoms with Gasteiger partial charge in [0.25, 0.3) is 0 Å². The van der Waals surface area contributed by atoms with E-state index in [-0.39, 0.29) is 17.9 Å². The molecule has 1 N–H and O–H groups in total. The summed E-state index contributed by atoms with van der Waals surface area (Å²) in [6, 6.07) is 0.286. The SMILES string of the molecule is CC(CC12CC3CC(CC(C3)C1)C2)NC(=O)C1CCN(c2ncnc3c2nc2n3CCCCC2)CC1. The van der Waals surface area contributed by atoms with E-state index >= 15 is 0 Å². The topological polar surface area (TPSA) is 75.9 Å². The second-order valence-electron chi connectivity index (χ2n) is 13.2. The summed E-state index contributed by atoms with van der Waals surface area (Å²) in [5, 5.41) is 3.45. The van der Waals surface area contributed by atoms with Crippen LogP contribution in [-0.2, 0) is 17.8 Å². The molecule has 4 aliphatic carbocycles. The summed E-state index contributed by atoms with van der Waals surface area (Å²) < 4.78 is 2.30. The van der Waals surface area contributed by atoms with Gasteiger partial charge in [-0.15, -0.1) is 0 Å². The molecule has 1 atom stereocenters. The number of aromatic nitrogens is 4. The number of anilines is 1. The molecule has 2 aromatic heterocycles. The molecule has 194 valence electrons. The summed E-state index contributed by atoms with van der Waals surface area (Å²) in [6.07, 6.45) is 18.0. The van der Waals surface area contributed by atoms with Gasteiger partial charge >= 0.3 is 0 Å². The van der Waals surface area contributed by atoms with E-state index in [0.717, 1.165) is 79.5 Å². The minimum absolute atomic E-state index is 0.108. The van der Waals surface area contributed by atoms with Crippen molar-refractivity contribution in [2.45, 2.75) is 103 Å². The van der Waals surface area contributed by atoms with E-state index in [0.29, 0.717) is 5.41 Å². The minimum atomic E-state index is 0.108. The lowest BCUT2D eigenvalue weighted by Gasteiger charge is -2.57. The van der Waals surface area contributed by atoms with E-state index in [1.165, 1.54) is 64.2 Å². The summed E-state index contributed by atoms with van der Waals surface area (Å²) >= 11 is 0. The summed E-state index contributed by atoms with van der Waals surface area (Å²) in [5.74, 6) is 5.41. The number of hydrogen-bond donors (Lipinski definition) is 1. The van der Waals surface area contributed by atoms with Crippen molar-refractivity contribution in [3.8, 4) is 0 Å². The lowest BCUT2D eigenvalue weighted by atomic mass is 9.48. The van der Waals surface area contributed by atoms with E-state index in [4.69, 9.17) is 4.98 Å². The van der Waals surface area contributed by atoms with Crippen LogP contribution in [0.2, 0.25) is 0 Å². The first kappa shape index (κ1) is 23.0. The normalized spacial score (nSPS) is 32.9. The van der Waals surface area contributed by atoms with Crippen LogP contribution in [0.25, 0.3) is 11.2 Å². The van der Waals surface area contributed by atoms with Gasteiger partial charge in [0.1, 0.15) is 12.2 Å². The summed E-state index contributed by atoms with van der Waals surface area (Å²) in [7, 11) is 0. The third-order valence-electron chi connectivity index (χ3n) is 10.3. The van der Waals surface area contributed by atoms with Gasteiger partial charge in [0.05, 0.1) is 0 Å². The van der Waals surface area contributed by atoms with Crippen LogP contribution in [0, 0.1) is 29.1 Å². The Hall–Kier alpha value is -2.18. The molecule has 6 aliphatic rings. The zero-order valence-electron chi connectivity index (χ0n) is 21.9. The Kier molecular flexibility index (Phi) is 5.73. The number of nitrogens with one attached hydrogen (secondary N) is 1. The van der Waals surface area contributed by atoms with Gasteiger partial charge in [-0.1, -0.05) is 6.42 Å². The van der Waals surface area contributed by atoms with Crippen LogP contribution in [-0.4, -0.2) is 44.6 Å². The van der Waals surface area contributed by atoms with Gasteiger partial charge in [0, 0.05) is 38.0 Å². The third-order valence-corrected chi connectivity index (χ3v) is 10.3. The van der Waals surface area contributed by atoms with Gasteiger partial charge < -0.3 is 14.8 Å². The molecule has 7 heteroatoms. The molecule has 2 aromatic rings. The molecule has 8 rings (SSSR count). The highest BCUT2D eigenvalue weighted by Crippen LogP contribution is 2.61. The molecule has 4 saturated carbocycles. The van der Waals surface area contributed by atoms with Gasteiger partial charge in [-0.2, -0.15) is 0 Å². The second kappa shape index (κ2) is 8.98. The number of amides is 1. The average Bonchev–Trinajstić information content (AvgIpc) is 3.03. The highest BCUT2D eigenvalue weighted by atomic mass is 16.1. The molecule has 7 nitrogen and oxygen atoms in total. The van der Waals surface area contributed by atoms with E-state index in [1.807, 2.05) is 0 Å². The molecular formula is C29H42N6O. The van der Waals surface area contributed by atoms with Crippen molar-refractivity contribution >= 4 is 22.9 Å². The second-order valence-corrected chi connectivity index (χ2v) is 13.2. The zero-order chi connectivity index (χ0) is 24.3. The smallest absolute Gasteiger partial charge is 0.223 e. The van der Waals surface area contributed by atoms with Crippen LogP contribution in [0.4, 0.5) is 5.82 Å². The number of aryl methyl sites for hydroxylation is 2. The number of carbonyl (C=O) groups is 1. The quantitative estimate of drug-likeness (QED) is 0.646. The highest BCUT2D eigenvalue weighted by molar-refractivity contribution is 5.84. The Labute approximate surface area is 214 Å². The van der Waals surface area contributed by atoms with E-state index in [9.17, 15) is 4.79 Å². The minimum Gasteiger partial charge on any atom is -0.355 e. The molecule has 5 fully saturated rings. The predicted octanol–water partition coefficient (Wildman–Crippen LogP) is 4.88. The molecule has 1 amide bonds. The molecule has 0 spiro atoms. The fourth-order valence-corrected chi connectivity index (χ4v) is 9.31. The maximum absolute atomic E-state index is 13.2. The van der Waals surface area contributed by atoms with Crippen molar-refractivity contribution < 1.29 is 4.79 Å². The van der Waals surface area contributed by atoms with Crippen LogP contribution in [0.5, 0.6) is 0 Å². The number of fused-ring (bicyclic) bond motifs is 3. The number of rotatable bonds is 5. The maximum Gasteiger partial charge on any atom is 0.223 e. The first-order valence-electron chi connectivity index (χ1n) is 14.8. The van der Waals surface area contributed by atoms with Gasteiger partial charge in [-0.25, -0.2) is 15.0 Å². The van der Waals surface area contributed by atoms with Crippen molar-refractivity contribution in [2.24, 2.45) is 29.1 Å². The third kappa shape index (κ3) is 4.10. The van der Waals surface area contributed by atoms with Crippen LogP contribution in [0.3, 0.4) is 0 Å². The number of imidazole rings is 1. The highest BCUT2D eigenvalue weighted by Gasteiger charge is 2.51. The summed E-state index contributed by atoms with van der Waals surface area (Å²) in [6.45, 7) is 4.98. The largest absolute Gasteiger partial charge is 0.355 e. The Morgan fingerprint density at radius 3 is 2.47 bits per heavy atom. The van der Waals surface area contributed by atoms with Crippen molar-refractivity contribution in [1.82, 2.24) is 24.8 Å². The molecule has 4 heterocycles. The van der Waals surface area contributed by atoms with Gasteiger partial charge in [-0.05, 0) is 101 Å². The number of piperidine rings is 1. The molecule has 4 bridgehead atoms. The molecule has 1 unspecified atom stereocenters. The van der Waals surface area contributed by atoms with E-state index < -0.39 is 0 Å². The fraction of sp³-hybridized carbons (Fsp3) is 0.793. The van der Waals surface area contributed by atoms with Crippen molar-refractivity contribution in [3.05, 3.63) is 12.2 Å². The van der Waals surface area contributed by atoms with Crippen LogP contribution < -0.4 is 10.2 Å². The molecule has 2 aliphatic heterocycles. The molecular weight excluding hydrogens is 448 g/mol. The number of hydrogen-bond acceptors (Lipinski definition) is 5. The lowest BCUT2D eigenvalue weighted by molar-refractivity contribution is -0.127. The Morgan fingerprint density at radius 2 is 1.75 bits per heavy atom. The first-order chi connectivity index (χ1) is 17.6. The van der Waals surface area contributed by atoms with Crippen LogP contribution in [0.15, 0.2) is 6.33 Å². The lowest BCUT2D eigenvalue weighted by Crippen LogP contribution is -2.50. The maximum atomic E-state index is 13.2. The molecule has 0 aromatic carbocycles. The number of carbonyl (C=O) groups excluding carboxylic acids is 1. The average molecular weight is 491 g/mol. The molecule has 0 radical (unpaired) electrons. The Bertz CT molecular complexity index is 1100. The number of nitrogens with zero attached hydrogens (tertiary/aromatic N) is 5. The standard InChI is InChI=1S/C29H42N6O/c1-19(14-29-15-20-11-21(16-29)13-22(12-20)17-29)32-28(36)23-6-9-34(10-7-23)26-25-27(31-18-30-26)35-8-4-2-3-5-24(35)33-25/h18-23H,2-17H2,1H3,(H,32,36). The van der Waals surface area contributed by atoms with Gasteiger partial charge in [-0.3, -0.25) is 4.79 Å². The zero-order valence-corrected chi connectivity index (χ0v) is 21.9. The van der Waals surface area contributed by atoms with Gasteiger partial charge in [0.15, 0.2) is 17.0 Å².